The molecule has 2 rings (SSSR count). The van der Waals surface area contributed by atoms with Gasteiger partial charge in [0.05, 0.1) is 4.90 Å². The average Bonchev–Trinajstić information content (AvgIpc) is 2.58. The Labute approximate surface area is 157 Å². The van der Waals surface area contributed by atoms with E-state index in [9.17, 15) is 13.2 Å². The van der Waals surface area contributed by atoms with E-state index >= 15 is 0 Å². The van der Waals surface area contributed by atoms with Crippen molar-refractivity contribution in [3.8, 4) is 0 Å². The van der Waals surface area contributed by atoms with Gasteiger partial charge in [0.25, 0.3) is 0 Å². The minimum atomic E-state index is -3.49. The number of carbonyl (C=O) groups is 1. The maximum Gasteiger partial charge on any atom is 0.243 e. The lowest BCUT2D eigenvalue weighted by Crippen LogP contribution is -2.42. The number of nitrogens with one attached hydrogen (secondary N) is 1. The Bertz CT molecular complexity index is 678. The lowest BCUT2D eigenvalue weighted by atomic mass is 9.94. The number of anilines is 1. The van der Waals surface area contributed by atoms with Gasteiger partial charge in [-0.1, -0.05) is 13.8 Å². The SMILES string of the molecule is CCOCCCC(=O)Nc1ccc(S(=O)(=O)N2C[C@@H](C)C[C@H](C)C2)cc1. The molecule has 0 bridgehead atoms. The Morgan fingerprint density at radius 1 is 1.19 bits per heavy atom. The van der Waals surface area contributed by atoms with Crippen LogP contribution >= 0.6 is 0 Å². The number of piperidine rings is 1. The fraction of sp³-hybridized carbons (Fsp3) is 0.632. The lowest BCUT2D eigenvalue weighted by Gasteiger charge is -2.34. The molecule has 1 aliphatic rings. The van der Waals surface area contributed by atoms with Gasteiger partial charge in [-0.25, -0.2) is 8.42 Å². The fourth-order valence-electron chi connectivity index (χ4n) is 3.36. The van der Waals surface area contributed by atoms with Crippen LogP contribution in [0.1, 0.15) is 40.0 Å². The molecule has 1 N–H and O–H groups in total. The van der Waals surface area contributed by atoms with Crippen molar-refractivity contribution in [3.05, 3.63) is 24.3 Å². The van der Waals surface area contributed by atoms with Crippen LogP contribution in [0.2, 0.25) is 0 Å². The maximum atomic E-state index is 12.8. The molecule has 2 atom stereocenters. The molecule has 7 heteroatoms. The van der Waals surface area contributed by atoms with Crippen LogP contribution in [-0.2, 0) is 19.6 Å². The summed E-state index contributed by atoms with van der Waals surface area (Å²) in [5.41, 5.74) is 0.603. The van der Waals surface area contributed by atoms with Gasteiger partial charge in [-0.15, -0.1) is 0 Å². The molecule has 0 unspecified atom stereocenters. The fourth-order valence-corrected chi connectivity index (χ4v) is 5.04. The number of nitrogens with zero attached hydrogens (tertiary/aromatic N) is 1. The zero-order valence-corrected chi connectivity index (χ0v) is 16.7. The van der Waals surface area contributed by atoms with Gasteiger partial charge in [0.1, 0.15) is 0 Å². The van der Waals surface area contributed by atoms with Crippen LogP contribution in [0.4, 0.5) is 5.69 Å². The number of carbonyl (C=O) groups excluding carboxylic acids is 1. The number of amides is 1. The zero-order valence-electron chi connectivity index (χ0n) is 15.9. The van der Waals surface area contributed by atoms with E-state index in [1.54, 1.807) is 28.6 Å². The van der Waals surface area contributed by atoms with Gasteiger partial charge in [0.2, 0.25) is 15.9 Å². The molecule has 1 saturated heterocycles. The standard InChI is InChI=1S/C19H30N2O4S/c1-4-25-11-5-6-19(22)20-17-7-9-18(10-8-17)26(23,24)21-13-15(2)12-16(3)14-21/h7-10,15-16H,4-6,11-14H2,1-3H3,(H,20,22)/t15-,16-/m0/s1. The summed E-state index contributed by atoms with van der Waals surface area (Å²) in [5, 5.41) is 2.79. The largest absolute Gasteiger partial charge is 0.382 e. The van der Waals surface area contributed by atoms with Crippen LogP contribution in [-0.4, -0.2) is 44.9 Å². The van der Waals surface area contributed by atoms with E-state index in [0.717, 1.165) is 6.42 Å². The maximum absolute atomic E-state index is 12.8. The second-order valence-corrected chi connectivity index (χ2v) is 9.08. The first-order valence-electron chi connectivity index (χ1n) is 9.30. The van der Waals surface area contributed by atoms with Crippen molar-refractivity contribution < 1.29 is 17.9 Å². The molecule has 1 aliphatic heterocycles. The molecule has 26 heavy (non-hydrogen) atoms. The van der Waals surface area contributed by atoms with Gasteiger partial charge in [0.15, 0.2) is 0 Å². The number of rotatable bonds is 8. The normalized spacial score (nSPS) is 21.5. The van der Waals surface area contributed by atoms with Gasteiger partial charge in [0, 0.05) is 38.4 Å². The van der Waals surface area contributed by atoms with E-state index in [2.05, 4.69) is 19.2 Å². The predicted molar refractivity (Wildman–Crippen MR) is 103 cm³/mol. The van der Waals surface area contributed by atoms with E-state index in [1.165, 1.54) is 0 Å². The van der Waals surface area contributed by atoms with Crippen molar-refractivity contribution in [2.24, 2.45) is 11.8 Å². The monoisotopic (exact) mass is 382 g/mol. The Hall–Kier alpha value is -1.44. The molecule has 1 aromatic carbocycles. The van der Waals surface area contributed by atoms with E-state index in [1.807, 2.05) is 6.92 Å². The molecule has 0 saturated carbocycles. The number of sulfonamides is 1. The van der Waals surface area contributed by atoms with E-state index < -0.39 is 10.0 Å². The average molecular weight is 383 g/mol. The Kier molecular flexibility index (Phi) is 7.61. The first-order chi connectivity index (χ1) is 12.3. The predicted octanol–water partition coefficient (Wildman–Crippen LogP) is 3.11. The number of hydrogen-bond donors (Lipinski definition) is 1. The smallest absolute Gasteiger partial charge is 0.243 e. The summed E-state index contributed by atoms with van der Waals surface area (Å²) in [6.07, 6.45) is 2.10. The highest BCUT2D eigenvalue weighted by molar-refractivity contribution is 7.89. The highest BCUT2D eigenvalue weighted by Crippen LogP contribution is 2.27. The second-order valence-electron chi connectivity index (χ2n) is 7.14. The summed E-state index contributed by atoms with van der Waals surface area (Å²) in [6, 6.07) is 6.42. The molecule has 1 aromatic rings. The molecule has 1 amide bonds. The Morgan fingerprint density at radius 3 is 2.38 bits per heavy atom. The van der Waals surface area contributed by atoms with E-state index in [0.29, 0.717) is 56.7 Å². The van der Waals surface area contributed by atoms with Crippen LogP contribution in [0.5, 0.6) is 0 Å². The minimum Gasteiger partial charge on any atom is -0.382 e. The van der Waals surface area contributed by atoms with Gasteiger partial charge in [-0.2, -0.15) is 4.31 Å². The van der Waals surface area contributed by atoms with Crippen LogP contribution in [0.3, 0.4) is 0 Å². The van der Waals surface area contributed by atoms with Gasteiger partial charge in [-0.05, 0) is 55.9 Å². The van der Waals surface area contributed by atoms with Crippen LogP contribution in [0.25, 0.3) is 0 Å². The van der Waals surface area contributed by atoms with Crippen molar-refractivity contribution in [2.45, 2.75) is 44.9 Å². The van der Waals surface area contributed by atoms with Gasteiger partial charge < -0.3 is 10.1 Å². The molecular formula is C19H30N2O4S. The molecule has 0 radical (unpaired) electrons. The van der Waals surface area contributed by atoms with Gasteiger partial charge in [-0.3, -0.25) is 4.79 Å². The quantitative estimate of drug-likeness (QED) is 0.701. The Morgan fingerprint density at radius 2 is 1.81 bits per heavy atom. The van der Waals surface area contributed by atoms with E-state index in [-0.39, 0.29) is 10.8 Å². The highest BCUT2D eigenvalue weighted by atomic mass is 32.2. The molecule has 1 heterocycles. The van der Waals surface area contributed by atoms with E-state index in [4.69, 9.17) is 4.74 Å². The summed E-state index contributed by atoms with van der Waals surface area (Å²) >= 11 is 0. The molecule has 146 valence electrons. The molecule has 0 spiro atoms. The third-order valence-corrected chi connectivity index (χ3v) is 6.35. The first kappa shape index (κ1) is 20.9. The van der Waals surface area contributed by atoms with Crippen molar-refractivity contribution in [3.63, 3.8) is 0 Å². The number of benzene rings is 1. The number of ether oxygens (including phenoxy) is 1. The third kappa shape index (κ3) is 5.79. The zero-order chi connectivity index (χ0) is 19.2. The van der Waals surface area contributed by atoms with Crippen molar-refractivity contribution in [1.29, 1.82) is 0 Å². The summed E-state index contributed by atoms with van der Waals surface area (Å²) in [6.45, 7) is 8.42. The number of hydrogen-bond acceptors (Lipinski definition) is 4. The molecule has 0 aromatic heterocycles. The first-order valence-corrected chi connectivity index (χ1v) is 10.7. The van der Waals surface area contributed by atoms with Crippen molar-refractivity contribution in [1.82, 2.24) is 4.31 Å². The minimum absolute atomic E-state index is 0.0982. The van der Waals surface area contributed by atoms with Gasteiger partial charge >= 0.3 is 0 Å². The lowest BCUT2D eigenvalue weighted by molar-refractivity contribution is -0.116. The van der Waals surface area contributed by atoms with Crippen molar-refractivity contribution >= 4 is 21.6 Å². The van der Waals surface area contributed by atoms with Crippen LogP contribution in [0, 0.1) is 11.8 Å². The summed E-state index contributed by atoms with van der Waals surface area (Å²) in [7, 11) is -3.49. The topological polar surface area (TPSA) is 75.7 Å². The molecule has 1 fully saturated rings. The molecular weight excluding hydrogens is 352 g/mol. The Balaban J connectivity index is 1.96. The second kappa shape index (κ2) is 9.48. The van der Waals surface area contributed by atoms with Crippen molar-refractivity contribution in [2.75, 3.05) is 31.6 Å². The summed E-state index contributed by atoms with van der Waals surface area (Å²) in [4.78, 5) is 12.2. The summed E-state index contributed by atoms with van der Waals surface area (Å²) in [5.74, 6) is 0.631. The molecule has 0 aliphatic carbocycles. The highest BCUT2D eigenvalue weighted by Gasteiger charge is 2.31. The third-order valence-electron chi connectivity index (χ3n) is 4.51. The molecule has 6 nitrogen and oxygen atoms in total. The van der Waals surface area contributed by atoms with Crippen LogP contribution in [0.15, 0.2) is 29.2 Å². The van der Waals surface area contributed by atoms with Crippen LogP contribution < -0.4 is 5.32 Å². The summed E-state index contributed by atoms with van der Waals surface area (Å²) < 4.78 is 32.5.